The van der Waals surface area contributed by atoms with Crippen molar-refractivity contribution < 1.29 is 9.47 Å². The highest BCUT2D eigenvalue weighted by atomic mass is 16.5. The van der Waals surface area contributed by atoms with Gasteiger partial charge in [-0.25, -0.2) is 4.98 Å². The SMILES string of the molecule is CO[C@]1(COc2cccc(C)c2)CCN(Cc2cnc[nH]2)C1. The van der Waals surface area contributed by atoms with Gasteiger partial charge in [0.25, 0.3) is 0 Å². The predicted octanol–water partition coefficient (Wildman–Crippen LogP) is 2.39. The molecule has 3 rings (SSSR count). The average Bonchev–Trinajstić information content (AvgIpc) is 3.16. The second-order valence-corrected chi connectivity index (χ2v) is 6.03. The summed E-state index contributed by atoms with van der Waals surface area (Å²) in [6.07, 6.45) is 4.56. The first-order valence-corrected chi connectivity index (χ1v) is 7.63. The Hall–Kier alpha value is -1.85. The zero-order chi connectivity index (χ0) is 15.4. The van der Waals surface area contributed by atoms with Crippen molar-refractivity contribution in [2.24, 2.45) is 0 Å². The summed E-state index contributed by atoms with van der Waals surface area (Å²) in [5.74, 6) is 0.906. The van der Waals surface area contributed by atoms with Crippen LogP contribution in [0.1, 0.15) is 17.7 Å². The molecule has 5 nitrogen and oxygen atoms in total. The molecule has 1 atom stereocenters. The average molecular weight is 301 g/mol. The molecule has 0 spiro atoms. The fourth-order valence-corrected chi connectivity index (χ4v) is 2.94. The number of aromatic amines is 1. The van der Waals surface area contributed by atoms with Gasteiger partial charge >= 0.3 is 0 Å². The fourth-order valence-electron chi connectivity index (χ4n) is 2.94. The Kier molecular flexibility index (Phi) is 4.45. The van der Waals surface area contributed by atoms with E-state index in [0.29, 0.717) is 6.61 Å². The van der Waals surface area contributed by atoms with Gasteiger partial charge in [-0.15, -0.1) is 0 Å². The lowest BCUT2D eigenvalue weighted by molar-refractivity contribution is -0.0360. The highest BCUT2D eigenvalue weighted by Crippen LogP contribution is 2.27. The molecule has 0 aliphatic carbocycles. The molecule has 1 aliphatic heterocycles. The van der Waals surface area contributed by atoms with Crippen LogP contribution in [0.15, 0.2) is 36.8 Å². The lowest BCUT2D eigenvalue weighted by Gasteiger charge is -2.28. The van der Waals surface area contributed by atoms with Gasteiger partial charge in [0.05, 0.1) is 6.33 Å². The van der Waals surface area contributed by atoms with Crippen molar-refractivity contribution in [2.45, 2.75) is 25.5 Å². The molecular weight excluding hydrogens is 278 g/mol. The van der Waals surface area contributed by atoms with Crippen molar-refractivity contribution in [3.63, 3.8) is 0 Å². The lowest BCUT2D eigenvalue weighted by atomic mass is 10.0. The number of rotatable bonds is 6. The third kappa shape index (κ3) is 3.48. The highest BCUT2D eigenvalue weighted by Gasteiger charge is 2.39. The number of aromatic nitrogens is 2. The summed E-state index contributed by atoms with van der Waals surface area (Å²) in [5, 5.41) is 0. The number of benzene rings is 1. The molecule has 22 heavy (non-hydrogen) atoms. The quantitative estimate of drug-likeness (QED) is 0.890. The monoisotopic (exact) mass is 301 g/mol. The van der Waals surface area contributed by atoms with Gasteiger partial charge in [0.2, 0.25) is 0 Å². The molecule has 1 aromatic heterocycles. The van der Waals surface area contributed by atoms with Gasteiger partial charge < -0.3 is 14.5 Å². The van der Waals surface area contributed by atoms with Gasteiger partial charge in [-0.1, -0.05) is 12.1 Å². The zero-order valence-corrected chi connectivity index (χ0v) is 13.2. The van der Waals surface area contributed by atoms with E-state index in [2.05, 4.69) is 33.9 Å². The molecule has 2 heterocycles. The summed E-state index contributed by atoms with van der Waals surface area (Å²) in [6.45, 7) is 5.39. The molecule has 5 heteroatoms. The van der Waals surface area contributed by atoms with Crippen LogP contribution in [0.3, 0.4) is 0 Å². The van der Waals surface area contributed by atoms with E-state index in [9.17, 15) is 0 Å². The number of nitrogens with zero attached hydrogens (tertiary/aromatic N) is 2. The summed E-state index contributed by atoms with van der Waals surface area (Å²) in [5.41, 5.74) is 2.10. The molecule has 118 valence electrons. The lowest BCUT2D eigenvalue weighted by Crippen LogP contribution is -2.41. The minimum atomic E-state index is -0.232. The van der Waals surface area contributed by atoms with Crippen LogP contribution in [-0.4, -0.2) is 47.3 Å². The number of imidazole rings is 1. The molecule has 1 N–H and O–H groups in total. The molecule has 0 unspecified atom stereocenters. The van der Waals surface area contributed by atoms with E-state index in [1.165, 1.54) is 5.56 Å². The minimum absolute atomic E-state index is 0.232. The summed E-state index contributed by atoms with van der Waals surface area (Å²) >= 11 is 0. The first-order valence-electron chi connectivity index (χ1n) is 7.63. The van der Waals surface area contributed by atoms with E-state index in [1.54, 1.807) is 13.4 Å². The minimum Gasteiger partial charge on any atom is -0.491 e. The third-order valence-corrected chi connectivity index (χ3v) is 4.27. The number of H-pyrrole nitrogens is 1. The number of aryl methyl sites for hydroxylation is 1. The molecule has 0 saturated carbocycles. The zero-order valence-electron chi connectivity index (χ0n) is 13.2. The van der Waals surface area contributed by atoms with Crippen LogP contribution in [0.4, 0.5) is 0 Å². The number of nitrogens with one attached hydrogen (secondary N) is 1. The number of hydrogen-bond donors (Lipinski definition) is 1. The Labute approximate surface area is 131 Å². The summed E-state index contributed by atoms with van der Waals surface area (Å²) in [6, 6.07) is 8.14. The van der Waals surface area contributed by atoms with Gasteiger partial charge in [0, 0.05) is 38.6 Å². The van der Waals surface area contributed by atoms with E-state index in [1.807, 2.05) is 18.3 Å². The van der Waals surface area contributed by atoms with Crippen LogP contribution in [0.2, 0.25) is 0 Å². The Balaban J connectivity index is 1.58. The fraction of sp³-hybridized carbons (Fsp3) is 0.471. The molecule has 2 aromatic rings. The summed E-state index contributed by atoms with van der Waals surface area (Å²) < 4.78 is 11.8. The highest BCUT2D eigenvalue weighted by molar-refractivity contribution is 5.27. The number of ether oxygens (including phenoxy) is 2. The second-order valence-electron chi connectivity index (χ2n) is 6.03. The largest absolute Gasteiger partial charge is 0.491 e. The molecule has 1 saturated heterocycles. The standard InChI is InChI=1S/C17H23N3O2/c1-14-4-3-5-16(8-14)22-12-17(21-2)6-7-20(11-17)10-15-9-18-13-19-15/h3-5,8-9,13H,6-7,10-12H2,1-2H3,(H,18,19)/t17-/m1/s1. The molecular formula is C17H23N3O2. The van der Waals surface area contributed by atoms with Crippen LogP contribution < -0.4 is 4.74 Å². The Morgan fingerprint density at radius 2 is 2.32 bits per heavy atom. The van der Waals surface area contributed by atoms with Gasteiger partial charge in [0.1, 0.15) is 18.0 Å². The van der Waals surface area contributed by atoms with Crippen LogP contribution >= 0.6 is 0 Å². The first kappa shape index (κ1) is 15.1. The van der Waals surface area contributed by atoms with Crippen molar-refractivity contribution in [2.75, 3.05) is 26.8 Å². The van der Waals surface area contributed by atoms with Gasteiger partial charge in [-0.3, -0.25) is 4.90 Å². The van der Waals surface area contributed by atoms with Gasteiger partial charge in [-0.05, 0) is 31.0 Å². The predicted molar refractivity (Wildman–Crippen MR) is 84.9 cm³/mol. The van der Waals surface area contributed by atoms with E-state index in [0.717, 1.165) is 37.5 Å². The van der Waals surface area contributed by atoms with Crippen molar-refractivity contribution in [1.29, 1.82) is 0 Å². The van der Waals surface area contributed by atoms with Gasteiger partial charge in [-0.2, -0.15) is 0 Å². The maximum Gasteiger partial charge on any atom is 0.119 e. The van der Waals surface area contributed by atoms with E-state index in [4.69, 9.17) is 9.47 Å². The molecule has 1 fully saturated rings. The Bertz CT molecular complexity index is 600. The van der Waals surface area contributed by atoms with Crippen molar-refractivity contribution >= 4 is 0 Å². The van der Waals surface area contributed by atoms with Crippen LogP contribution in [-0.2, 0) is 11.3 Å². The second kappa shape index (κ2) is 6.50. The Morgan fingerprint density at radius 3 is 3.05 bits per heavy atom. The van der Waals surface area contributed by atoms with E-state index >= 15 is 0 Å². The number of methoxy groups -OCH3 is 1. The first-order chi connectivity index (χ1) is 10.7. The normalized spacial score (nSPS) is 22.1. The molecule has 1 aromatic carbocycles. The van der Waals surface area contributed by atoms with E-state index in [-0.39, 0.29) is 5.60 Å². The van der Waals surface area contributed by atoms with Crippen molar-refractivity contribution in [3.05, 3.63) is 48.0 Å². The maximum absolute atomic E-state index is 5.98. The van der Waals surface area contributed by atoms with Crippen molar-refractivity contribution in [1.82, 2.24) is 14.9 Å². The maximum atomic E-state index is 5.98. The summed E-state index contributed by atoms with van der Waals surface area (Å²) in [4.78, 5) is 9.59. The van der Waals surface area contributed by atoms with Crippen LogP contribution in [0.5, 0.6) is 5.75 Å². The molecule has 0 radical (unpaired) electrons. The van der Waals surface area contributed by atoms with Crippen LogP contribution in [0.25, 0.3) is 0 Å². The van der Waals surface area contributed by atoms with Crippen LogP contribution in [0, 0.1) is 6.92 Å². The molecule has 0 amide bonds. The smallest absolute Gasteiger partial charge is 0.119 e. The number of hydrogen-bond acceptors (Lipinski definition) is 4. The third-order valence-electron chi connectivity index (χ3n) is 4.27. The Morgan fingerprint density at radius 1 is 1.41 bits per heavy atom. The molecule has 0 bridgehead atoms. The summed E-state index contributed by atoms with van der Waals surface area (Å²) in [7, 11) is 1.78. The number of likely N-dealkylation sites (tertiary alicyclic amines) is 1. The topological polar surface area (TPSA) is 50.4 Å². The molecule has 1 aliphatic rings. The van der Waals surface area contributed by atoms with E-state index < -0.39 is 0 Å². The van der Waals surface area contributed by atoms with Gasteiger partial charge in [0.15, 0.2) is 0 Å². The van der Waals surface area contributed by atoms with Crippen molar-refractivity contribution in [3.8, 4) is 5.75 Å².